The number of carbonyl (C=O) groups excluding carboxylic acids is 1. The Kier molecular flexibility index (Phi) is 6.71. The molecule has 0 radical (unpaired) electrons. The summed E-state index contributed by atoms with van der Waals surface area (Å²) in [5.41, 5.74) is 1.99. The van der Waals surface area contributed by atoms with Crippen molar-refractivity contribution in [2.75, 3.05) is 11.1 Å². The number of anilines is 1. The van der Waals surface area contributed by atoms with E-state index in [0.717, 1.165) is 27.5 Å². The molecule has 36 heavy (non-hydrogen) atoms. The van der Waals surface area contributed by atoms with Gasteiger partial charge < -0.3 is 5.32 Å². The summed E-state index contributed by atoms with van der Waals surface area (Å²) < 4.78 is 2.18. The molecule has 4 rings (SSSR count). The highest BCUT2D eigenvalue weighted by Crippen LogP contribution is 2.27. The van der Waals surface area contributed by atoms with Crippen molar-refractivity contribution in [1.82, 2.24) is 19.1 Å². The number of nitrogens with one attached hydrogen (secondary N) is 1. The summed E-state index contributed by atoms with van der Waals surface area (Å²) >= 11 is 1.04. The quantitative estimate of drug-likeness (QED) is 0.182. The molecule has 0 bridgehead atoms. The number of thioether (sulfide) groups is 1. The summed E-state index contributed by atoms with van der Waals surface area (Å²) in [6.45, 7) is 3.86. The molecule has 0 fully saturated rings. The van der Waals surface area contributed by atoms with Crippen LogP contribution in [-0.2, 0) is 18.9 Å². The molecule has 0 saturated heterocycles. The normalized spacial score (nSPS) is 11.0. The van der Waals surface area contributed by atoms with Crippen molar-refractivity contribution in [2.24, 2.45) is 14.1 Å². The highest BCUT2D eigenvalue weighted by molar-refractivity contribution is 8.00. The van der Waals surface area contributed by atoms with Gasteiger partial charge in [0.15, 0.2) is 11.5 Å². The molecule has 0 aliphatic heterocycles. The largest absolute Gasteiger partial charge is 0.332 e. The minimum absolute atomic E-state index is 0.0505. The number of non-ortho nitro benzene ring substituents is 1. The molecule has 0 aliphatic rings. The van der Waals surface area contributed by atoms with Crippen molar-refractivity contribution in [3.05, 3.63) is 84.5 Å². The Hall–Kier alpha value is -4.32. The van der Waals surface area contributed by atoms with Crippen LogP contribution in [0.4, 0.5) is 11.4 Å². The Bertz CT molecular complexity index is 1640. The van der Waals surface area contributed by atoms with Crippen molar-refractivity contribution < 1.29 is 9.72 Å². The van der Waals surface area contributed by atoms with Crippen molar-refractivity contribution in [1.29, 1.82) is 0 Å². The topological polar surface area (TPSA) is 142 Å². The second kappa shape index (κ2) is 9.74. The van der Waals surface area contributed by atoms with Crippen molar-refractivity contribution in [2.45, 2.75) is 18.9 Å². The van der Waals surface area contributed by atoms with Crippen LogP contribution in [0.5, 0.6) is 0 Å². The lowest BCUT2D eigenvalue weighted by molar-refractivity contribution is -0.384. The van der Waals surface area contributed by atoms with Crippen LogP contribution >= 0.6 is 11.8 Å². The Morgan fingerprint density at radius 2 is 1.75 bits per heavy atom. The van der Waals surface area contributed by atoms with E-state index in [-0.39, 0.29) is 39.2 Å². The standard InChI is InChI=1S/C24H22N6O5S/c1-13-5-10-17(14(2)11-13)25-18(31)12-36-22-19-21(28(3)24(33)29(4)23(19)32)26-20(27-22)15-6-8-16(9-7-15)30(34)35/h5-11H,12H2,1-4H3,(H,25,31). The number of rotatable bonds is 6. The number of nitro benzene ring substituents is 1. The van der Waals surface area contributed by atoms with E-state index in [2.05, 4.69) is 15.3 Å². The monoisotopic (exact) mass is 506 g/mol. The number of amides is 1. The lowest BCUT2D eigenvalue weighted by Crippen LogP contribution is -2.37. The smallest absolute Gasteiger partial charge is 0.325 e. The molecule has 2 aromatic carbocycles. The number of nitrogens with zero attached hydrogens (tertiary/aromatic N) is 5. The lowest BCUT2D eigenvalue weighted by Gasteiger charge is -2.12. The van der Waals surface area contributed by atoms with Gasteiger partial charge >= 0.3 is 5.69 Å². The van der Waals surface area contributed by atoms with Crippen LogP contribution in [0.2, 0.25) is 0 Å². The number of hydrogen-bond donors (Lipinski definition) is 1. The highest BCUT2D eigenvalue weighted by atomic mass is 32.2. The van der Waals surface area contributed by atoms with E-state index in [1.807, 2.05) is 32.0 Å². The Morgan fingerprint density at radius 1 is 1.06 bits per heavy atom. The van der Waals surface area contributed by atoms with Gasteiger partial charge in [0, 0.05) is 37.5 Å². The first kappa shape index (κ1) is 24.8. The summed E-state index contributed by atoms with van der Waals surface area (Å²) in [4.78, 5) is 57.6. The molecule has 0 aliphatic carbocycles. The number of carbonyl (C=O) groups is 1. The Morgan fingerprint density at radius 3 is 2.39 bits per heavy atom. The molecule has 2 aromatic heterocycles. The first-order valence-corrected chi connectivity index (χ1v) is 11.8. The summed E-state index contributed by atoms with van der Waals surface area (Å²) in [5, 5.41) is 14.2. The fourth-order valence-corrected chi connectivity index (χ4v) is 4.48. The number of hydrogen-bond acceptors (Lipinski definition) is 8. The number of aryl methyl sites for hydroxylation is 3. The van der Waals surface area contributed by atoms with Crippen molar-refractivity contribution >= 4 is 40.1 Å². The van der Waals surface area contributed by atoms with E-state index >= 15 is 0 Å². The minimum atomic E-state index is -0.583. The van der Waals surface area contributed by atoms with Gasteiger partial charge in [-0.25, -0.2) is 14.8 Å². The first-order valence-electron chi connectivity index (χ1n) is 10.8. The van der Waals surface area contributed by atoms with Crippen LogP contribution < -0.4 is 16.6 Å². The van der Waals surface area contributed by atoms with Crippen LogP contribution in [0.3, 0.4) is 0 Å². The molecular formula is C24H22N6O5S. The van der Waals surface area contributed by atoms with Crippen molar-refractivity contribution in [3.63, 3.8) is 0 Å². The number of benzene rings is 2. The van der Waals surface area contributed by atoms with E-state index in [4.69, 9.17) is 0 Å². The van der Waals surface area contributed by atoms with Crippen molar-refractivity contribution in [3.8, 4) is 11.4 Å². The van der Waals surface area contributed by atoms with Crippen LogP contribution in [0.25, 0.3) is 22.4 Å². The molecule has 4 aromatic rings. The van der Waals surface area contributed by atoms with Gasteiger partial charge in [0.25, 0.3) is 11.2 Å². The molecular weight excluding hydrogens is 484 g/mol. The number of aromatic nitrogens is 4. The molecule has 1 N–H and O–H groups in total. The second-order valence-corrected chi connectivity index (χ2v) is 9.18. The zero-order chi connectivity index (χ0) is 26.1. The molecule has 0 saturated carbocycles. The van der Waals surface area contributed by atoms with E-state index in [1.54, 1.807) is 0 Å². The van der Waals surface area contributed by atoms with Gasteiger partial charge in [-0.3, -0.25) is 28.8 Å². The van der Waals surface area contributed by atoms with Crippen LogP contribution in [0.1, 0.15) is 11.1 Å². The van der Waals surface area contributed by atoms with Gasteiger partial charge in [0.1, 0.15) is 10.4 Å². The molecule has 2 heterocycles. The Labute approximate surface area is 209 Å². The van der Waals surface area contributed by atoms with Gasteiger partial charge in [0.05, 0.1) is 10.7 Å². The van der Waals surface area contributed by atoms with E-state index in [0.29, 0.717) is 11.3 Å². The molecule has 11 nitrogen and oxygen atoms in total. The average Bonchev–Trinajstić information content (AvgIpc) is 2.86. The predicted octanol–water partition coefficient (Wildman–Crippen LogP) is 2.95. The molecule has 0 atom stereocenters. The summed E-state index contributed by atoms with van der Waals surface area (Å²) in [5.74, 6) is -0.180. The fraction of sp³-hybridized carbons (Fsp3) is 0.208. The third kappa shape index (κ3) is 4.75. The maximum atomic E-state index is 13.0. The highest BCUT2D eigenvalue weighted by Gasteiger charge is 2.19. The average molecular weight is 507 g/mol. The Balaban J connectivity index is 1.75. The summed E-state index contributed by atoms with van der Waals surface area (Å²) in [6, 6.07) is 11.3. The third-order valence-electron chi connectivity index (χ3n) is 5.60. The minimum Gasteiger partial charge on any atom is -0.325 e. The first-order chi connectivity index (χ1) is 17.1. The lowest BCUT2D eigenvalue weighted by atomic mass is 10.1. The van der Waals surface area contributed by atoms with Gasteiger partial charge in [-0.05, 0) is 37.6 Å². The predicted molar refractivity (Wildman–Crippen MR) is 137 cm³/mol. The summed E-state index contributed by atoms with van der Waals surface area (Å²) in [7, 11) is 2.84. The fourth-order valence-electron chi connectivity index (χ4n) is 3.67. The van der Waals surface area contributed by atoms with E-state index in [1.165, 1.54) is 42.9 Å². The zero-order valence-electron chi connectivity index (χ0n) is 19.9. The van der Waals surface area contributed by atoms with E-state index < -0.39 is 16.2 Å². The number of fused-ring (bicyclic) bond motifs is 1. The van der Waals surface area contributed by atoms with Gasteiger partial charge in [-0.1, -0.05) is 29.5 Å². The van der Waals surface area contributed by atoms with Gasteiger partial charge in [-0.15, -0.1) is 0 Å². The van der Waals surface area contributed by atoms with Crippen LogP contribution in [-0.4, -0.2) is 35.7 Å². The number of nitro groups is 1. The summed E-state index contributed by atoms with van der Waals surface area (Å²) in [6.07, 6.45) is 0. The SMILES string of the molecule is Cc1ccc(NC(=O)CSc2nc(-c3ccc([N+](=O)[O-])cc3)nc3c2c(=O)n(C)c(=O)n3C)c(C)c1. The zero-order valence-corrected chi connectivity index (χ0v) is 20.8. The molecule has 12 heteroatoms. The molecule has 184 valence electrons. The maximum Gasteiger partial charge on any atom is 0.332 e. The van der Waals surface area contributed by atoms with Gasteiger partial charge in [0.2, 0.25) is 5.91 Å². The molecule has 1 amide bonds. The molecule has 0 spiro atoms. The third-order valence-corrected chi connectivity index (χ3v) is 6.57. The maximum absolute atomic E-state index is 13.0. The van der Waals surface area contributed by atoms with Crippen LogP contribution in [0.15, 0.2) is 57.1 Å². The second-order valence-electron chi connectivity index (χ2n) is 8.22. The van der Waals surface area contributed by atoms with E-state index in [9.17, 15) is 24.5 Å². The van der Waals surface area contributed by atoms with Crippen LogP contribution in [0, 0.1) is 24.0 Å². The molecule has 0 unspecified atom stereocenters. The van der Waals surface area contributed by atoms with Gasteiger partial charge in [-0.2, -0.15) is 0 Å².